The number of anilines is 1. The smallest absolute Gasteiger partial charge is 0.230 e. The zero-order chi connectivity index (χ0) is 13.9. The van der Waals surface area contributed by atoms with Crippen LogP contribution in [-0.4, -0.2) is 25.5 Å². The minimum atomic E-state index is 0. The van der Waals surface area contributed by atoms with Gasteiger partial charge in [0.1, 0.15) is 0 Å². The van der Waals surface area contributed by atoms with Gasteiger partial charge in [0.25, 0.3) is 0 Å². The predicted molar refractivity (Wildman–Crippen MR) is 89.1 cm³/mol. The summed E-state index contributed by atoms with van der Waals surface area (Å²) in [5.41, 5.74) is 2.48. The summed E-state index contributed by atoms with van der Waals surface area (Å²) in [6, 6.07) is 8.43. The first-order valence-corrected chi connectivity index (χ1v) is 7.87. The standard InChI is InChI=1S/C17H24N2O.ClH/c1-13(15-11-18-12-15)17(20)19-10-6-2-3-7-14-8-4-5-9-16(14)19;/h4-5,8-9,13,15,18H,2-3,6-7,10-12H2,1H3;1H. The second-order valence-corrected chi connectivity index (χ2v) is 6.14. The van der Waals surface area contributed by atoms with Crippen LogP contribution in [0.4, 0.5) is 5.69 Å². The van der Waals surface area contributed by atoms with Gasteiger partial charge >= 0.3 is 0 Å². The fourth-order valence-corrected chi connectivity index (χ4v) is 3.21. The number of amides is 1. The lowest BCUT2D eigenvalue weighted by atomic mass is 9.87. The summed E-state index contributed by atoms with van der Waals surface area (Å²) >= 11 is 0. The largest absolute Gasteiger partial charge is 0.316 e. The number of benzene rings is 1. The van der Waals surface area contributed by atoms with Gasteiger partial charge in [-0.05, 0) is 49.9 Å². The molecule has 1 atom stereocenters. The number of rotatable bonds is 2. The number of nitrogens with one attached hydrogen (secondary N) is 1. The molecule has 1 N–H and O–H groups in total. The van der Waals surface area contributed by atoms with Gasteiger partial charge < -0.3 is 10.2 Å². The molecule has 0 aliphatic carbocycles. The van der Waals surface area contributed by atoms with Crippen molar-refractivity contribution < 1.29 is 4.79 Å². The van der Waals surface area contributed by atoms with E-state index in [9.17, 15) is 4.79 Å². The molecule has 1 unspecified atom stereocenters. The van der Waals surface area contributed by atoms with Gasteiger partial charge in [-0.2, -0.15) is 0 Å². The van der Waals surface area contributed by atoms with E-state index in [2.05, 4.69) is 41.4 Å². The minimum Gasteiger partial charge on any atom is -0.316 e. The Hall–Kier alpha value is -1.06. The highest BCUT2D eigenvalue weighted by Crippen LogP contribution is 2.28. The summed E-state index contributed by atoms with van der Waals surface area (Å²) in [6.07, 6.45) is 4.67. The topological polar surface area (TPSA) is 32.3 Å². The van der Waals surface area contributed by atoms with Crippen LogP contribution in [0.5, 0.6) is 0 Å². The molecule has 1 saturated heterocycles. The van der Waals surface area contributed by atoms with Crippen LogP contribution in [0.3, 0.4) is 0 Å². The number of para-hydroxylation sites is 1. The van der Waals surface area contributed by atoms with Crippen molar-refractivity contribution in [3.63, 3.8) is 0 Å². The molecule has 3 rings (SSSR count). The number of carbonyl (C=O) groups excluding carboxylic acids is 1. The Labute approximate surface area is 133 Å². The van der Waals surface area contributed by atoms with Crippen LogP contribution in [0.15, 0.2) is 24.3 Å². The van der Waals surface area contributed by atoms with Crippen molar-refractivity contribution in [2.75, 3.05) is 24.5 Å². The number of aryl methyl sites for hydroxylation is 1. The van der Waals surface area contributed by atoms with Crippen LogP contribution in [-0.2, 0) is 11.2 Å². The first kappa shape index (κ1) is 16.3. The Bertz CT molecular complexity index is 487. The third-order valence-electron chi connectivity index (χ3n) is 4.79. The first-order valence-electron chi connectivity index (χ1n) is 7.87. The average molecular weight is 309 g/mol. The molecule has 0 spiro atoms. The fourth-order valence-electron chi connectivity index (χ4n) is 3.21. The second-order valence-electron chi connectivity index (χ2n) is 6.14. The Balaban J connectivity index is 0.00000161. The molecular weight excluding hydrogens is 284 g/mol. The summed E-state index contributed by atoms with van der Waals surface area (Å²) in [7, 11) is 0. The van der Waals surface area contributed by atoms with Gasteiger partial charge in [0.05, 0.1) is 0 Å². The SMILES string of the molecule is CC(C(=O)N1CCCCCc2ccccc21)C1CNC1.Cl. The van der Waals surface area contributed by atoms with Gasteiger partial charge in [-0.25, -0.2) is 0 Å². The molecule has 0 bridgehead atoms. The summed E-state index contributed by atoms with van der Waals surface area (Å²) in [5, 5.41) is 3.27. The number of hydrogen-bond acceptors (Lipinski definition) is 2. The molecule has 116 valence electrons. The van der Waals surface area contributed by atoms with Gasteiger partial charge in [-0.1, -0.05) is 31.5 Å². The highest BCUT2D eigenvalue weighted by Gasteiger charge is 2.32. The maximum atomic E-state index is 12.9. The number of halogens is 1. The van der Waals surface area contributed by atoms with Gasteiger partial charge in [0.2, 0.25) is 5.91 Å². The predicted octanol–water partition coefficient (Wildman–Crippen LogP) is 3.02. The Morgan fingerprint density at radius 1 is 1.24 bits per heavy atom. The molecule has 2 heterocycles. The number of nitrogens with zero attached hydrogens (tertiary/aromatic N) is 1. The molecule has 3 nitrogen and oxygen atoms in total. The third kappa shape index (κ3) is 3.41. The molecule has 21 heavy (non-hydrogen) atoms. The molecule has 1 amide bonds. The third-order valence-corrected chi connectivity index (χ3v) is 4.79. The monoisotopic (exact) mass is 308 g/mol. The van der Waals surface area contributed by atoms with Crippen molar-refractivity contribution in [1.82, 2.24) is 5.32 Å². The van der Waals surface area contributed by atoms with Crippen LogP contribution in [0.2, 0.25) is 0 Å². The summed E-state index contributed by atoms with van der Waals surface area (Å²) < 4.78 is 0. The molecule has 2 aliphatic heterocycles. The van der Waals surface area contributed by atoms with E-state index in [0.717, 1.165) is 38.2 Å². The van der Waals surface area contributed by atoms with Crippen LogP contribution in [0, 0.1) is 11.8 Å². The lowest BCUT2D eigenvalue weighted by Gasteiger charge is -2.36. The van der Waals surface area contributed by atoms with Crippen LogP contribution >= 0.6 is 12.4 Å². The zero-order valence-corrected chi connectivity index (χ0v) is 13.5. The lowest BCUT2D eigenvalue weighted by molar-refractivity contribution is -0.124. The van der Waals surface area contributed by atoms with E-state index < -0.39 is 0 Å². The maximum Gasteiger partial charge on any atom is 0.230 e. The van der Waals surface area contributed by atoms with E-state index in [1.807, 2.05) is 0 Å². The summed E-state index contributed by atoms with van der Waals surface area (Å²) in [4.78, 5) is 14.9. The Morgan fingerprint density at radius 3 is 2.71 bits per heavy atom. The Morgan fingerprint density at radius 2 is 2.00 bits per heavy atom. The fraction of sp³-hybridized carbons (Fsp3) is 0.588. The number of carbonyl (C=O) groups is 1. The van der Waals surface area contributed by atoms with E-state index >= 15 is 0 Å². The molecular formula is C17H25ClN2O. The van der Waals surface area contributed by atoms with E-state index in [1.165, 1.54) is 18.4 Å². The van der Waals surface area contributed by atoms with E-state index in [0.29, 0.717) is 11.8 Å². The number of fused-ring (bicyclic) bond motifs is 1. The van der Waals surface area contributed by atoms with Gasteiger partial charge in [-0.15, -0.1) is 12.4 Å². The van der Waals surface area contributed by atoms with Crippen molar-refractivity contribution in [2.45, 2.75) is 32.6 Å². The summed E-state index contributed by atoms with van der Waals surface area (Å²) in [6.45, 7) is 4.94. The van der Waals surface area contributed by atoms with Crippen molar-refractivity contribution in [3.05, 3.63) is 29.8 Å². The van der Waals surface area contributed by atoms with E-state index in [1.54, 1.807) is 0 Å². The van der Waals surface area contributed by atoms with Crippen LogP contribution in [0.25, 0.3) is 0 Å². The highest BCUT2D eigenvalue weighted by molar-refractivity contribution is 5.95. The molecule has 1 aromatic rings. The molecule has 1 fully saturated rings. The molecule has 0 radical (unpaired) electrons. The minimum absolute atomic E-state index is 0. The first-order chi connectivity index (χ1) is 9.77. The summed E-state index contributed by atoms with van der Waals surface area (Å²) in [5.74, 6) is 0.953. The van der Waals surface area contributed by atoms with Gasteiger partial charge in [0, 0.05) is 18.2 Å². The van der Waals surface area contributed by atoms with Gasteiger partial charge in [0.15, 0.2) is 0 Å². The van der Waals surface area contributed by atoms with Crippen molar-refractivity contribution >= 4 is 24.0 Å². The van der Waals surface area contributed by atoms with Crippen molar-refractivity contribution in [1.29, 1.82) is 0 Å². The lowest BCUT2D eigenvalue weighted by Crippen LogP contribution is -2.51. The maximum absolute atomic E-state index is 12.9. The average Bonchev–Trinajstić information content (AvgIpc) is 2.37. The molecule has 4 heteroatoms. The molecule has 2 aliphatic rings. The van der Waals surface area contributed by atoms with Gasteiger partial charge in [-0.3, -0.25) is 4.79 Å². The van der Waals surface area contributed by atoms with Crippen molar-refractivity contribution in [3.8, 4) is 0 Å². The molecule has 1 aromatic carbocycles. The highest BCUT2D eigenvalue weighted by atomic mass is 35.5. The second kappa shape index (κ2) is 7.28. The Kier molecular flexibility index (Phi) is 5.65. The van der Waals surface area contributed by atoms with E-state index in [4.69, 9.17) is 0 Å². The molecule has 0 saturated carbocycles. The van der Waals surface area contributed by atoms with E-state index in [-0.39, 0.29) is 18.3 Å². The van der Waals surface area contributed by atoms with Crippen molar-refractivity contribution in [2.24, 2.45) is 11.8 Å². The molecule has 0 aromatic heterocycles. The normalized spacial score (nSPS) is 20.3. The van der Waals surface area contributed by atoms with Crippen LogP contribution < -0.4 is 10.2 Å². The van der Waals surface area contributed by atoms with Crippen LogP contribution in [0.1, 0.15) is 31.7 Å². The zero-order valence-electron chi connectivity index (χ0n) is 12.7. The quantitative estimate of drug-likeness (QED) is 0.911. The number of hydrogen-bond donors (Lipinski definition) is 1.